The summed E-state index contributed by atoms with van der Waals surface area (Å²) in [6, 6.07) is 11.4. The van der Waals surface area contributed by atoms with Crippen LogP contribution < -0.4 is 14.8 Å². The van der Waals surface area contributed by atoms with E-state index in [1.165, 1.54) is 18.2 Å². The molecule has 4 atom stereocenters. The Morgan fingerprint density at radius 2 is 2.03 bits per heavy atom. The average molecular weight is 482 g/mol. The number of nitro benzene ring substituents is 1. The molecule has 35 heavy (non-hydrogen) atoms. The Balaban J connectivity index is 1.76. The van der Waals surface area contributed by atoms with Crippen LogP contribution in [-0.4, -0.2) is 52.7 Å². The minimum atomic E-state index is -1.33. The zero-order valence-electron chi connectivity index (χ0n) is 19.5. The van der Waals surface area contributed by atoms with E-state index in [1.54, 1.807) is 43.4 Å². The molecule has 2 heterocycles. The van der Waals surface area contributed by atoms with E-state index in [2.05, 4.69) is 10.3 Å². The van der Waals surface area contributed by atoms with Gasteiger partial charge in [0, 0.05) is 17.7 Å². The Bertz CT molecular complexity index is 1150. The van der Waals surface area contributed by atoms with Crippen molar-refractivity contribution in [2.45, 2.75) is 50.2 Å². The van der Waals surface area contributed by atoms with Crippen molar-refractivity contribution in [2.24, 2.45) is 4.99 Å². The lowest BCUT2D eigenvalue weighted by Crippen LogP contribution is -2.63. The zero-order valence-corrected chi connectivity index (χ0v) is 19.5. The molecule has 0 bridgehead atoms. The third-order valence-corrected chi connectivity index (χ3v) is 6.01. The van der Waals surface area contributed by atoms with Gasteiger partial charge < -0.3 is 24.1 Å². The first-order valence-corrected chi connectivity index (χ1v) is 11.0. The lowest BCUT2D eigenvalue weighted by Gasteiger charge is -2.49. The maximum absolute atomic E-state index is 11.5. The van der Waals surface area contributed by atoms with Gasteiger partial charge in [0.2, 0.25) is 0 Å². The fourth-order valence-electron chi connectivity index (χ4n) is 4.03. The second-order valence-electron chi connectivity index (χ2n) is 9.11. The lowest BCUT2D eigenvalue weighted by molar-refractivity contribution is -0.385. The van der Waals surface area contributed by atoms with Crippen LogP contribution in [0.1, 0.15) is 32.4 Å². The molecular formula is C24H26N4O7. The van der Waals surface area contributed by atoms with Gasteiger partial charge in [-0.3, -0.25) is 10.1 Å². The van der Waals surface area contributed by atoms with Crippen molar-refractivity contribution in [3.05, 3.63) is 64.2 Å². The number of amidine groups is 1. The molecule has 184 valence electrons. The summed E-state index contributed by atoms with van der Waals surface area (Å²) in [5.41, 5.74) is -1.73. The quantitative estimate of drug-likeness (QED) is 0.167. The number of ether oxygens (including phenoxy) is 4. The van der Waals surface area contributed by atoms with Crippen LogP contribution in [0.15, 0.2) is 53.5 Å². The van der Waals surface area contributed by atoms with Gasteiger partial charge in [0.25, 0.3) is 5.69 Å². The number of rotatable bonds is 4. The smallest absolute Gasteiger partial charge is 0.304 e. The van der Waals surface area contributed by atoms with Crippen LogP contribution in [-0.2, 0) is 9.47 Å². The minimum absolute atomic E-state index is 0.156. The SMILES string of the molecule is CC1(C)COC(C2(C)Oc3ccc([N+](=O)[O-])cc3C(N=C(NC#N)Oc3ccccc3)C2O)CO1. The van der Waals surface area contributed by atoms with E-state index in [9.17, 15) is 20.5 Å². The summed E-state index contributed by atoms with van der Waals surface area (Å²) in [6.45, 7) is 5.90. The molecule has 0 aromatic heterocycles. The number of nitro groups is 1. The first-order chi connectivity index (χ1) is 16.6. The van der Waals surface area contributed by atoms with Crippen LogP contribution in [0.2, 0.25) is 0 Å². The predicted molar refractivity (Wildman–Crippen MR) is 124 cm³/mol. The third kappa shape index (κ3) is 5.05. The molecule has 2 N–H and O–H groups in total. The summed E-state index contributed by atoms with van der Waals surface area (Å²) < 4.78 is 23.8. The van der Waals surface area contributed by atoms with Crippen LogP contribution in [0.4, 0.5) is 5.69 Å². The number of para-hydroxylation sites is 1. The normalized spacial score (nSPS) is 27.6. The van der Waals surface area contributed by atoms with E-state index in [1.807, 2.05) is 13.8 Å². The molecule has 4 unspecified atom stereocenters. The molecule has 2 aliphatic rings. The number of aliphatic imine (C=N–C) groups is 1. The third-order valence-electron chi connectivity index (χ3n) is 6.01. The Morgan fingerprint density at radius 3 is 2.66 bits per heavy atom. The number of aliphatic hydroxyl groups excluding tert-OH is 1. The average Bonchev–Trinajstić information content (AvgIpc) is 2.82. The van der Waals surface area contributed by atoms with Gasteiger partial charge in [0.05, 0.1) is 23.7 Å². The number of benzene rings is 2. The van der Waals surface area contributed by atoms with Crippen LogP contribution in [0.25, 0.3) is 0 Å². The van der Waals surface area contributed by atoms with E-state index >= 15 is 0 Å². The van der Waals surface area contributed by atoms with Crippen molar-refractivity contribution >= 4 is 11.7 Å². The van der Waals surface area contributed by atoms with Gasteiger partial charge in [0.1, 0.15) is 29.7 Å². The molecular weight excluding hydrogens is 456 g/mol. The second kappa shape index (κ2) is 9.50. The van der Waals surface area contributed by atoms with Gasteiger partial charge in [-0.25, -0.2) is 10.3 Å². The van der Waals surface area contributed by atoms with Gasteiger partial charge in [-0.1, -0.05) is 18.2 Å². The highest BCUT2D eigenvalue weighted by Crippen LogP contribution is 2.46. The molecule has 0 spiro atoms. The first-order valence-electron chi connectivity index (χ1n) is 11.0. The van der Waals surface area contributed by atoms with Crippen molar-refractivity contribution in [1.82, 2.24) is 5.32 Å². The molecule has 0 saturated carbocycles. The molecule has 2 aromatic rings. The van der Waals surface area contributed by atoms with Crippen molar-refractivity contribution in [2.75, 3.05) is 13.2 Å². The molecule has 0 amide bonds. The Morgan fingerprint density at radius 1 is 1.29 bits per heavy atom. The Kier molecular flexibility index (Phi) is 6.62. The predicted octanol–water partition coefficient (Wildman–Crippen LogP) is 2.85. The van der Waals surface area contributed by atoms with Crippen molar-refractivity contribution in [1.29, 1.82) is 5.26 Å². The molecule has 0 radical (unpaired) electrons. The van der Waals surface area contributed by atoms with Gasteiger partial charge in [0.15, 0.2) is 11.8 Å². The summed E-state index contributed by atoms with van der Waals surface area (Å²) >= 11 is 0. The van der Waals surface area contributed by atoms with Gasteiger partial charge in [-0.05, 0) is 39.0 Å². The highest BCUT2D eigenvalue weighted by Gasteiger charge is 2.54. The number of fused-ring (bicyclic) bond motifs is 1. The number of hydrogen-bond acceptors (Lipinski definition) is 9. The van der Waals surface area contributed by atoms with Crippen LogP contribution in [0.5, 0.6) is 11.5 Å². The highest BCUT2D eigenvalue weighted by atomic mass is 16.6. The summed E-state index contributed by atoms with van der Waals surface area (Å²) in [5.74, 6) is 0.699. The van der Waals surface area contributed by atoms with E-state index < -0.39 is 34.4 Å². The standard InChI is InChI=1S/C24H26N4O7/c1-23(2)13-32-19(12-33-23)24(3)21(29)20(17-11-15(28(30)31)9-10-18(17)35-24)27-22(26-14-25)34-16-7-5-4-6-8-16/h4-11,19-21,29H,12-13H2,1-3H3,(H,26,27). The minimum Gasteiger partial charge on any atom is -0.482 e. The summed E-state index contributed by atoms with van der Waals surface area (Å²) in [5, 5.41) is 34.6. The first kappa shape index (κ1) is 24.4. The number of non-ortho nitro benzene ring substituents is 1. The lowest BCUT2D eigenvalue weighted by atomic mass is 9.81. The van der Waals surface area contributed by atoms with Gasteiger partial charge in [-0.2, -0.15) is 5.26 Å². The monoisotopic (exact) mass is 482 g/mol. The van der Waals surface area contributed by atoms with Crippen LogP contribution >= 0.6 is 0 Å². The largest absolute Gasteiger partial charge is 0.482 e. The summed E-state index contributed by atoms with van der Waals surface area (Å²) in [6.07, 6.45) is -0.223. The molecule has 4 rings (SSSR count). The van der Waals surface area contributed by atoms with E-state index in [0.29, 0.717) is 11.5 Å². The number of aliphatic hydroxyl groups is 1. The zero-order chi connectivity index (χ0) is 25.2. The molecule has 1 fully saturated rings. The molecule has 0 aliphatic carbocycles. The maximum atomic E-state index is 11.5. The maximum Gasteiger partial charge on any atom is 0.304 e. The summed E-state index contributed by atoms with van der Waals surface area (Å²) in [4.78, 5) is 15.4. The molecule has 11 nitrogen and oxygen atoms in total. The molecule has 2 aliphatic heterocycles. The number of nitrogens with zero attached hydrogens (tertiary/aromatic N) is 3. The fraction of sp³-hybridized carbons (Fsp3) is 0.417. The highest BCUT2D eigenvalue weighted by molar-refractivity contribution is 5.78. The van der Waals surface area contributed by atoms with Crippen molar-refractivity contribution < 1.29 is 29.0 Å². The van der Waals surface area contributed by atoms with Crippen LogP contribution in [0.3, 0.4) is 0 Å². The van der Waals surface area contributed by atoms with Crippen molar-refractivity contribution in [3.63, 3.8) is 0 Å². The van der Waals surface area contributed by atoms with Gasteiger partial charge in [-0.15, -0.1) is 0 Å². The fourth-order valence-corrected chi connectivity index (χ4v) is 4.03. The molecule has 2 aromatic carbocycles. The second-order valence-corrected chi connectivity index (χ2v) is 9.11. The number of nitrogens with one attached hydrogen (secondary N) is 1. The summed E-state index contributed by atoms with van der Waals surface area (Å²) in [7, 11) is 0. The van der Waals surface area contributed by atoms with Gasteiger partial charge >= 0.3 is 6.02 Å². The number of nitriles is 1. The van der Waals surface area contributed by atoms with E-state index in [4.69, 9.17) is 18.9 Å². The van der Waals surface area contributed by atoms with Crippen molar-refractivity contribution in [3.8, 4) is 17.7 Å². The van der Waals surface area contributed by atoms with E-state index in [0.717, 1.165) is 0 Å². The number of hydrogen-bond donors (Lipinski definition) is 2. The molecule has 11 heteroatoms. The molecule has 1 saturated heterocycles. The Hall–Kier alpha value is -3.72. The topological polar surface area (TPSA) is 148 Å². The van der Waals surface area contributed by atoms with E-state index in [-0.39, 0.29) is 30.5 Å². The van der Waals surface area contributed by atoms with Crippen LogP contribution in [0, 0.1) is 21.6 Å². The Labute approximate surface area is 202 Å².